The summed E-state index contributed by atoms with van der Waals surface area (Å²) in [5, 5.41) is 0. The molecule has 0 N–H and O–H groups in total. The molecule has 7 aliphatic rings. The molecular weight excluding hydrogens is 733 g/mol. The quantitative estimate of drug-likeness (QED) is 0.142. The van der Waals surface area contributed by atoms with Crippen molar-refractivity contribution in [2.75, 3.05) is 27.3 Å². The van der Waals surface area contributed by atoms with E-state index in [0.717, 1.165) is 83.5 Å². The largest absolute Gasteiger partial charge is 0.468 e. The first-order valence-corrected chi connectivity index (χ1v) is 22.7. The van der Waals surface area contributed by atoms with E-state index in [1.165, 1.54) is 49.7 Å². The highest BCUT2D eigenvalue weighted by Gasteiger charge is 2.60. The van der Waals surface area contributed by atoms with Gasteiger partial charge in [-0.2, -0.15) is 0 Å². The average molecular weight is 805 g/mol. The van der Waals surface area contributed by atoms with Crippen LogP contribution in [-0.2, 0) is 38.2 Å². The van der Waals surface area contributed by atoms with E-state index in [1.54, 1.807) is 22.3 Å². The number of allylic oxidation sites excluding steroid dienone is 4. The minimum atomic E-state index is -0.532. The summed E-state index contributed by atoms with van der Waals surface area (Å²) in [7, 11) is 2.59. The number of nitrogens with zero attached hydrogens (tertiary/aromatic N) is 2. The molecule has 322 valence electrons. The molecular formula is C48H72N2O8. The molecule has 0 aromatic carbocycles. The summed E-state index contributed by atoms with van der Waals surface area (Å²) in [5.41, 5.74) is 6.89. The van der Waals surface area contributed by atoms with Crippen molar-refractivity contribution in [1.29, 1.82) is 0 Å². The number of esters is 2. The first-order valence-electron chi connectivity index (χ1n) is 22.7. The summed E-state index contributed by atoms with van der Waals surface area (Å²) < 4.78 is 9.43. The van der Waals surface area contributed by atoms with E-state index >= 15 is 0 Å². The van der Waals surface area contributed by atoms with Crippen molar-refractivity contribution in [3.05, 3.63) is 22.3 Å². The maximum absolute atomic E-state index is 13.3. The lowest BCUT2D eigenvalue weighted by molar-refractivity contribution is -0.151. The molecule has 0 bridgehead atoms. The Bertz CT molecular complexity index is 1740. The van der Waals surface area contributed by atoms with Gasteiger partial charge in [0.1, 0.15) is 13.1 Å². The van der Waals surface area contributed by atoms with Gasteiger partial charge in [-0.1, -0.05) is 83.6 Å². The van der Waals surface area contributed by atoms with Gasteiger partial charge >= 0.3 is 11.9 Å². The number of fused-ring (bicyclic) bond motifs is 4. The minimum absolute atomic E-state index is 0.0592. The second-order valence-electron chi connectivity index (χ2n) is 20.4. The SMILES string of the molecule is CCC12CC3C(=O)N(CC(=O)OC)C(=O)C3CC1CCC1=C2CCCC1(C)C.CCCC1(C)CC2C(=O)N(CC(=O)OC)C(=O)C2CCCCC2=C1CCCC2(C)C. The Morgan fingerprint density at radius 2 is 1.10 bits per heavy atom. The van der Waals surface area contributed by atoms with Gasteiger partial charge in [0.05, 0.1) is 37.9 Å². The third-order valence-corrected chi connectivity index (χ3v) is 16.4. The first kappa shape index (κ1) is 44.3. The topological polar surface area (TPSA) is 127 Å². The standard InChI is InChI=1S/C25H39NO4.C23H33NO4/c1-6-13-25(4)15-18-17(22(28)26(23(18)29)16-21(27)30-5)10-7-8-11-19-20(25)12-9-14-24(19,2)3;1-5-23-12-16-15(20(26)24(21(16)27)13-19(25)28-4)11-14(23)8-9-17-18(23)7-6-10-22(17,2)3/h17-18H,6-16H2,1-5H3;14-16H,5-13H2,1-4H3. The molecule has 10 nitrogen and oxygen atoms in total. The molecule has 2 saturated heterocycles. The Labute approximate surface area is 347 Å². The van der Waals surface area contributed by atoms with Crippen LogP contribution < -0.4 is 0 Å². The van der Waals surface area contributed by atoms with Crippen molar-refractivity contribution in [2.45, 2.75) is 164 Å². The molecule has 3 fully saturated rings. The smallest absolute Gasteiger partial charge is 0.325 e. The number of rotatable bonds is 7. The Kier molecular flexibility index (Phi) is 13.0. The van der Waals surface area contributed by atoms with Crippen molar-refractivity contribution >= 4 is 35.6 Å². The molecule has 0 radical (unpaired) electrons. The minimum Gasteiger partial charge on any atom is -0.468 e. The van der Waals surface area contributed by atoms with Gasteiger partial charge in [-0.3, -0.25) is 38.6 Å². The fourth-order valence-electron chi connectivity index (χ4n) is 13.4. The van der Waals surface area contributed by atoms with Crippen LogP contribution in [0.2, 0.25) is 0 Å². The number of imide groups is 2. The maximum Gasteiger partial charge on any atom is 0.325 e. The molecule has 2 aliphatic heterocycles. The molecule has 0 aromatic rings. The number of ether oxygens (including phenoxy) is 2. The number of methoxy groups -OCH3 is 2. The monoisotopic (exact) mass is 805 g/mol. The number of hydrogen-bond donors (Lipinski definition) is 0. The summed E-state index contributed by atoms with van der Waals surface area (Å²) in [6, 6.07) is 0. The van der Waals surface area contributed by atoms with E-state index in [-0.39, 0.29) is 82.0 Å². The van der Waals surface area contributed by atoms with Crippen LogP contribution in [0.4, 0.5) is 0 Å². The van der Waals surface area contributed by atoms with Gasteiger partial charge in [-0.25, -0.2) is 0 Å². The van der Waals surface area contributed by atoms with Crippen LogP contribution in [0.25, 0.3) is 0 Å². The number of carbonyl (C=O) groups excluding carboxylic acids is 6. The van der Waals surface area contributed by atoms with Gasteiger partial charge in [0, 0.05) is 0 Å². The second kappa shape index (κ2) is 17.0. The number of hydrogen-bond acceptors (Lipinski definition) is 8. The third-order valence-electron chi connectivity index (χ3n) is 16.4. The molecule has 1 saturated carbocycles. The fraction of sp³-hybridized carbons (Fsp3) is 0.792. The maximum atomic E-state index is 13.3. The number of amides is 4. The zero-order valence-corrected chi connectivity index (χ0v) is 37.2. The summed E-state index contributed by atoms with van der Waals surface area (Å²) >= 11 is 0. The Balaban J connectivity index is 0.000000196. The highest BCUT2D eigenvalue weighted by atomic mass is 16.5. The van der Waals surface area contributed by atoms with Gasteiger partial charge in [0.2, 0.25) is 23.6 Å². The summed E-state index contributed by atoms with van der Waals surface area (Å²) in [6.45, 7) is 15.8. The predicted octanol–water partition coefficient (Wildman–Crippen LogP) is 8.91. The molecule has 7 unspecified atom stereocenters. The van der Waals surface area contributed by atoms with Crippen LogP contribution in [0.5, 0.6) is 0 Å². The molecule has 2 heterocycles. The fourth-order valence-corrected chi connectivity index (χ4v) is 13.4. The van der Waals surface area contributed by atoms with Crippen molar-refractivity contribution in [1.82, 2.24) is 9.80 Å². The van der Waals surface area contributed by atoms with Gasteiger partial charge in [0.15, 0.2) is 0 Å². The highest BCUT2D eigenvalue weighted by molar-refractivity contribution is 6.07. The van der Waals surface area contributed by atoms with Crippen LogP contribution in [0.1, 0.15) is 164 Å². The van der Waals surface area contributed by atoms with Crippen molar-refractivity contribution in [3.8, 4) is 0 Å². The van der Waals surface area contributed by atoms with E-state index in [9.17, 15) is 28.8 Å². The van der Waals surface area contributed by atoms with E-state index < -0.39 is 11.9 Å². The van der Waals surface area contributed by atoms with Crippen LogP contribution in [0.3, 0.4) is 0 Å². The molecule has 58 heavy (non-hydrogen) atoms. The highest BCUT2D eigenvalue weighted by Crippen LogP contribution is 2.64. The summed E-state index contributed by atoms with van der Waals surface area (Å²) in [5.74, 6) is -2.38. The van der Waals surface area contributed by atoms with E-state index in [1.807, 2.05) is 0 Å². The molecule has 7 rings (SSSR count). The third kappa shape index (κ3) is 7.88. The molecule has 5 aliphatic carbocycles. The van der Waals surface area contributed by atoms with Crippen molar-refractivity contribution < 1.29 is 38.2 Å². The lowest BCUT2D eigenvalue weighted by Crippen LogP contribution is -2.47. The normalized spacial score (nSPS) is 34.3. The average Bonchev–Trinajstić information content (AvgIpc) is 3.53. The molecule has 0 spiro atoms. The molecule has 4 amide bonds. The van der Waals surface area contributed by atoms with Gasteiger partial charge in [-0.05, 0) is 130 Å². The van der Waals surface area contributed by atoms with Gasteiger partial charge in [0.25, 0.3) is 0 Å². The lowest BCUT2D eigenvalue weighted by Gasteiger charge is -2.55. The Morgan fingerprint density at radius 1 is 0.603 bits per heavy atom. The Morgan fingerprint density at radius 3 is 1.66 bits per heavy atom. The van der Waals surface area contributed by atoms with Crippen molar-refractivity contribution in [2.24, 2.45) is 51.2 Å². The molecule has 10 heteroatoms. The number of likely N-dealkylation sites (tertiary alicyclic amines) is 2. The van der Waals surface area contributed by atoms with Crippen LogP contribution >= 0.6 is 0 Å². The van der Waals surface area contributed by atoms with Crippen LogP contribution in [0, 0.1) is 51.2 Å². The zero-order valence-electron chi connectivity index (χ0n) is 37.2. The zero-order chi connectivity index (χ0) is 42.4. The second-order valence-corrected chi connectivity index (χ2v) is 20.4. The molecule has 0 aromatic heterocycles. The van der Waals surface area contributed by atoms with Gasteiger partial charge in [-0.15, -0.1) is 0 Å². The predicted molar refractivity (Wildman–Crippen MR) is 222 cm³/mol. The first-order chi connectivity index (χ1) is 27.4. The summed E-state index contributed by atoms with van der Waals surface area (Å²) in [4.78, 5) is 78.4. The van der Waals surface area contributed by atoms with Crippen LogP contribution in [-0.4, -0.2) is 72.7 Å². The van der Waals surface area contributed by atoms with E-state index in [0.29, 0.717) is 12.3 Å². The lowest BCUT2D eigenvalue weighted by atomic mass is 9.48. The van der Waals surface area contributed by atoms with E-state index in [2.05, 4.69) is 48.5 Å². The molecule has 7 atom stereocenters. The number of carbonyl (C=O) groups is 6. The van der Waals surface area contributed by atoms with Crippen LogP contribution in [0.15, 0.2) is 22.3 Å². The van der Waals surface area contributed by atoms with Crippen molar-refractivity contribution in [3.63, 3.8) is 0 Å². The van der Waals surface area contributed by atoms with E-state index in [4.69, 9.17) is 9.47 Å². The summed E-state index contributed by atoms with van der Waals surface area (Å²) in [6.07, 6.45) is 18.6. The Hall–Kier alpha value is -3.30. The van der Waals surface area contributed by atoms with Gasteiger partial charge < -0.3 is 9.47 Å².